The number of H-pyrrole nitrogens is 1. The van der Waals surface area contributed by atoms with Crippen molar-refractivity contribution in [1.29, 1.82) is 0 Å². The summed E-state index contributed by atoms with van der Waals surface area (Å²) in [5.74, 6) is -0.286. The number of hydrogen-bond acceptors (Lipinski definition) is 6. The number of thioether (sulfide) groups is 1. The highest BCUT2D eigenvalue weighted by molar-refractivity contribution is 8.04. The van der Waals surface area contributed by atoms with Crippen molar-refractivity contribution in [2.75, 3.05) is 6.61 Å². The number of carbonyl (C=O) groups is 1. The fourth-order valence-electron chi connectivity index (χ4n) is 2.28. The predicted octanol–water partition coefficient (Wildman–Crippen LogP) is 3.57. The summed E-state index contributed by atoms with van der Waals surface area (Å²) in [7, 11) is 0. The van der Waals surface area contributed by atoms with E-state index in [2.05, 4.69) is 21.8 Å². The summed E-state index contributed by atoms with van der Waals surface area (Å²) in [6, 6.07) is 14.1. The zero-order valence-electron chi connectivity index (χ0n) is 14.6. The summed E-state index contributed by atoms with van der Waals surface area (Å²) in [5, 5.41) is 19.3. The molecule has 28 heavy (non-hydrogen) atoms. The van der Waals surface area contributed by atoms with E-state index in [1.54, 1.807) is 54.6 Å². The smallest absolute Gasteiger partial charge is 0.213 e. The van der Waals surface area contributed by atoms with Crippen LogP contribution in [0.1, 0.15) is 5.56 Å². The van der Waals surface area contributed by atoms with E-state index in [0.29, 0.717) is 28.8 Å². The molecule has 0 atom stereocenters. The standard InChI is InChI=1S/C20H16ClN3O3S/c1-2-11-27-16-6-4-3-5-14(16)12-17(19(25)26)28-20-22-18(23-24-20)13-7-9-15(21)10-8-13/h2-10,12H,1,11H2,(H,25,26)(H,22,23,24)/p-1/b17-12-. The van der Waals surface area contributed by atoms with E-state index in [0.717, 1.165) is 17.3 Å². The lowest BCUT2D eigenvalue weighted by molar-refractivity contribution is -0.297. The molecule has 0 saturated heterocycles. The Hall–Kier alpha value is -3.03. The van der Waals surface area contributed by atoms with Gasteiger partial charge in [0, 0.05) is 21.1 Å². The van der Waals surface area contributed by atoms with Gasteiger partial charge in [0.25, 0.3) is 0 Å². The molecule has 1 N–H and O–H groups in total. The van der Waals surface area contributed by atoms with E-state index in [1.165, 1.54) is 6.08 Å². The number of carboxylic acids is 1. The van der Waals surface area contributed by atoms with Crippen molar-refractivity contribution in [3.05, 3.63) is 76.7 Å². The Morgan fingerprint density at radius 3 is 2.71 bits per heavy atom. The number of benzene rings is 2. The van der Waals surface area contributed by atoms with Crippen molar-refractivity contribution in [2.45, 2.75) is 5.16 Å². The Bertz CT molecular complexity index is 1020. The first-order valence-corrected chi connectivity index (χ1v) is 9.38. The maximum Gasteiger partial charge on any atom is 0.213 e. The highest BCUT2D eigenvalue weighted by atomic mass is 35.5. The van der Waals surface area contributed by atoms with Crippen LogP contribution in [0.4, 0.5) is 0 Å². The van der Waals surface area contributed by atoms with E-state index in [4.69, 9.17) is 16.3 Å². The van der Waals surface area contributed by atoms with E-state index >= 15 is 0 Å². The van der Waals surface area contributed by atoms with E-state index in [-0.39, 0.29) is 10.1 Å². The van der Waals surface area contributed by atoms with Gasteiger partial charge in [-0.15, -0.1) is 5.10 Å². The normalized spacial score (nSPS) is 11.2. The minimum absolute atomic E-state index is 0.0451. The van der Waals surface area contributed by atoms with Gasteiger partial charge in [0.2, 0.25) is 5.16 Å². The Balaban J connectivity index is 1.85. The lowest BCUT2D eigenvalue weighted by Crippen LogP contribution is -2.23. The summed E-state index contributed by atoms with van der Waals surface area (Å²) in [6.07, 6.45) is 3.08. The molecule has 8 heteroatoms. The van der Waals surface area contributed by atoms with Gasteiger partial charge in [-0.2, -0.15) is 0 Å². The molecule has 0 spiro atoms. The molecule has 2 aromatic carbocycles. The van der Waals surface area contributed by atoms with Crippen molar-refractivity contribution in [3.63, 3.8) is 0 Å². The number of rotatable bonds is 8. The first-order chi connectivity index (χ1) is 13.6. The Morgan fingerprint density at radius 1 is 1.25 bits per heavy atom. The van der Waals surface area contributed by atoms with Gasteiger partial charge < -0.3 is 14.6 Å². The first kappa shape index (κ1) is 19.7. The fourth-order valence-corrected chi connectivity index (χ4v) is 3.10. The highest BCUT2D eigenvalue weighted by Gasteiger charge is 2.11. The quantitative estimate of drug-likeness (QED) is 0.345. The van der Waals surface area contributed by atoms with Crippen molar-refractivity contribution in [3.8, 4) is 17.1 Å². The number of hydrogen-bond donors (Lipinski definition) is 1. The summed E-state index contributed by atoms with van der Waals surface area (Å²) in [5.41, 5.74) is 1.38. The van der Waals surface area contributed by atoms with Crippen molar-refractivity contribution >= 4 is 35.4 Å². The van der Waals surface area contributed by atoms with E-state index < -0.39 is 5.97 Å². The minimum Gasteiger partial charge on any atom is -0.544 e. The molecule has 142 valence electrons. The van der Waals surface area contributed by atoms with Gasteiger partial charge in [-0.05, 0) is 48.2 Å². The predicted molar refractivity (Wildman–Crippen MR) is 108 cm³/mol. The summed E-state index contributed by atoms with van der Waals surface area (Å²) < 4.78 is 5.56. The molecular formula is C20H15ClN3O3S-. The molecule has 0 unspecified atom stereocenters. The third kappa shape index (κ3) is 5.03. The molecule has 0 fully saturated rings. The molecule has 1 aromatic heterocycles. The number of nitrogens with zero attached hydrogens (tertiary/aromatic N) is 2. The van der Waals surface area contributed by atoms with Gasteiger partial charge in [0.15, 0.2) is 5.82 Å². The van der Waals surface area contributed by atoms with Crippen molar-refractivity contribution in [2.24, 2.45) is 0 Å². The van der Waals surface area contributed by atoms with E-state index in [9.17, 15) is 9.90 Å². The molecule has 0 aliphatic carbocycles. The molecule has 3 rings (SSSR count). The summed E-state index contributed by atoms with van der Waals surface area (Å²) in [6.45, 7) is 3.92. The van der Waals surface area contributed by atoms with Crippen LogP contribution in [0.25, 0.3) is 17.5 Å². The molecule has 0 amide bonds. The lowest BCUT2D eigenvalue weighted by Gasteiger charge is -2.10. The molecule has 0 radical (unpaired) electrons. The highest BCUT2D eigenvalue weighted by Crippen LogP contribution is 2.29. The third-order valence-corrected chi connectivity index (χ3v) is 4.67. The second kappa shape index (κ2) is 9.25. The van der Waals surface area contributed by atoms with Gasteiger partial charge in [-0.3, -0.25) is 5.10 Å². The number of carboxylic acid groups (broad SMARTS) is 1. The first-order valence-electron chi connectivity index (χ1n) is 8.19. The Kier molecular flexibility index (Phi) is 6.52. The second-order valence-corrected chi connectivity index (χ2v) is 6.95. The minimum atomic E-state index is -1.33. The number of nitrogens with one attached hydrogen (secondary N) is 1. The maximum atomic E-state index is 11.6. The number of para-hydroxylation sites is 1. The molecule has 0 bridgehead atoms. The fraction of sp³-hybridized carbons (Fsp3) is 0.0500. The number of aliphatic carboxylic acids is 1. The van der Waals surface area contributed by atoms with Crippen LogP contribution in [-0.4, -0.2) is 27.8 Å². The zero-order chi connectivity index (χ0) is 19.9. The molecular weight excluding hydrogens is 398 g/mol. The molecule has 1 heterocycles. The van der Waals surface area contributed by atoms with Crippen LogP contribution in [0.2, 0.25) is 5.02 Å². The number of ether oxygens (including phenoxy) is 1. The summed E-state index contributed by atoms with van der Waals surface area (Å²) >= 11 is 6.77. The van der Waals surface area contributed by atoms with Gasteiger partial charge in [0.1, 0.15) is 12.4 Å². The van der Waals surface area contributed by atoms with Gasteiger partial charge in [-0.1, -0.05) is 42.5 Å². The third-order valence-electron chi connectivity index (χ3n) is 3.55. The SMILES string of the molecule is C=CCOc1ccccc1/C=C(\Sc1n[nH]c(-c2ccc(Cl)cc2)n1)C(=O)[O-]. The van der Waals surface area contributed by atoms with Crippen LogP contribution in [0.3, 0.4) is 0 Å². The lowest BCUT2D eigenvalue weighted by atomic mass is 10.2. The zero-order valence-corrected chi connectivity index (χ0v) is 16.2. The van der Waals surface area contributed by atoms with Gasteiger partial charge in [-0.25, -0.2) is 4.98 Å². The molecule has 6 nitrogen and oxygen atoms in total. The van der Waals surface area contributed by atoms with Crippen LogP contribution >= 0.6 is 23.4 Å². The average Bonchev–Trinajstić information content (AvgIpc) is 3.16. The van der Waals surface area contributed by atoms with E-state index in [1.807, 2.05) is 0 Å². The molecule has 3 aromatic rings. The van der Waals surface area contributed by atoms with Crippen LogP contribution in [-0.2, 0) is 4.79 Å². The number of halogens is 1. The molecule has 0 aliphatic rings. The largest absolute Gasteiger partial charge is 0.544 e. The maximum absolute atomic E-state index is 11.6. The number of aromatic nitrogens is 3. The molecule has 0 saturated carbocycles. The van der Waals surface area contributed by atoms with Crippen LogP contribution in [0.5, 0.6) is 5.75 Å². The van der Waals surface area contributed by atoms with Crippen molar-refractivity contribution in [1.82, 2.24) is 15.2 Å². The van der Waals surface area contributed by atoms with Crippen molar-refractivity contribution < 1.29 is 14.6 Å². The second-order valence-electron chi connectivity index (χ2n) is 5.51. The topological polar surface area (TPSA) is 90.9 Å². The Morgan fingerprint density at radius 2 is 2.00 bits per heavy atom. The van der Waals surface area contributed by atoms with Crippen LogP contribution in [0, 0.1) is 0 Å². The van der Waals surface area contributed by atoms with Gasteiger partial charge >= 0.3 is 0 Å². The number of carbonyl (C=O) groups excluding carboxylic acids is 1. The Labute approximate surface area is 170 Å². The summed E-state index contributed by atoms with van der Waals surface area (Å²) in [4.78, 5) is 15.9. The average molecular weight is 413 g/mol. The van der Waals surface area contributed by atoms with Crippen LogP contribution in [0.15, 0.2) is 71.2 Å². The van der Waals surface area contributed by atoms with Crippen LogP contribution < -0.4 is 9.84 Å². The number of aromatic amines is 1. The monoisotopic (exact) mass is 412 g/mol. The van der Waals surface area contributed by atoms with Gasteiger partial charge in [0.05, 0.1) is 5.97 Å². The molecule has 0 aliphatic heterocycles.